The predicted octanol–water partition coefficient (Wildman–Crippen LogP) is 1.53. The minimum Gasteiger partial charge on any atom is -0.465 e. The summed E-state index contributed by atoms with van der Waals surface area (Å²) in [5.41, 5.74) is 2.44. The molecule has 0 saturated carbocycles. The highest BCUT2D eigenvalue weighted by molar-refractivity contribution is 7.10. The molecule has 0 aromatic carbocycles. The molecule has 0 aliphatic carbocycles. The smallest absolute Gasteiger partial charge is 0.348 e. The molecule has 0 radical (unpaired) electrons. The van der Waals surface area contributed by atoms with Crippen LogP contribution in [-0.4, -0.2) is 18.1 Å². The Balaban J connectivity index is 3.03. The number of carbonyl (C=O) groups is 1. The number of aromatic nitrogens is 1. The highest BCUT2D eigenvalue weighted by atomic mass is 32.1. The second kappa shape index (κ2) is 4.53. The third-order valence-electron chi connectivity index (χ3n) is 1.58. The zero-order valence-electron chi connectivity index (χ0n) is 7.77. The van der Waals surface area contributed by atoms with Gasteiger partial charge in [0.15, 0.2) is 0 Å². The van der Waals surface area contributed by atoms with E-state index in [-0.39, 0.29) is 5.57 Å². The van der Waals surface area contributed by atoms with Crippen LogP contribution in [0.25, 0.3) is 6.08 Å². The number of carbonyl (C=O) groups excluding carboxylic acids is 1. The fourth-order valence-electron chi connectivity index (χ4n) is 0.827. The van der Waals surface area contributed by atoms with Crippen molar-refractivity contribution in [2.75, 3.05) is 7.11 Å². The number of nitrogens with zero attached hydrogens (tertiary/aromatic N) is 2. The van der Waals surface area contributed by atoms with Gasteiger partial charge >= 0.3 is 5.97 Å². The van der Waals surface area contributed by atoms with E-state index in [9.17, 15) is 4.79 Å². The van der Waals surface area contributed by atoms with Crippen molar-refractivity contribution >= 4 is 23.4 Å². The third kappa shape index (κ3) is 2.18. The zero-order chi connectivity index (χ0) is 10.6. The van der Waals surface area contributed by atoms with E-state index in [0.717, 1.165) is 10.6 Å². The zero-order valence-corrected chi connectivity index (χ0v) is 8.59. The molecular formula is C9H8N2O2S. The van der Waals surface area contributed by atoms with Crippen molar-refractivity contribution in [2.24, 2.45) is 0 Å². The Labute approximate surface area is 85.5 Å². The first-order valence-electron chi connectivity index (χ1n) is 3.79. The Morgan fingerprint density at radius 1 is 1.79 bits per heavy atom. The van der Waals surface area contributed by atoms with E-state index in [4.69, 9.17) is 5.26 Å². The molecule has 72 valence electrons. The van der Waals surface area contributed by atoms with Gasteiger partial charge in [0, 0.05) is 0 Å². The second-order valence-corrected chi connectivity index (χ2v) is 3.35. The van der Waals surface area contributed by atoms with Gasteiger partial charge in [-0.3, -0.25) is 0 Å². The van der Waals surface area contributed by atoms with Crippen LogP contribution >= 0.6 is 11.3 Å². The summed E-state index contributed by atoms with van der Waals surface area (Å²) < 4.78 is 4.45. The van der Waals surface area contributed by atoms with Crippen LogP contribution in [0.2, 0.25) is 0 Å². The number of thiazole rings is 1. The highest BCUT2D eigenvalue weighted by Crippen LogP contribution is 2.16. The lowest BCUT2D eigenvalue weighted by atomic mass is 10.2. The van der Waals surface area contributed by atoms with Crippen molar-refractivity contribution in [3.63, 3.8) is 0 Å². The maximum atomic E-state index is 11.1. The normalized spacial score (nSPS) is 10.8. The van der Waals surface area contributed by atoms with E-state index in [2.05, 4.69) is 9.72 Å². The van der Waals surface area contributed by atoms with Crippen molar-refractivity contribution in [1.82, 2.24) is 4.98 Å². The van der Waals surface area contributed by atoms with E-state index in [0.29, 0.717) is 0 Å². The standard InChI is InChI=1S/C9H8N2O2S/c1-6-8(14-5-11-6)3-7(4-10)9(12)13-2/h3,5H,1-2H3/b7-3-. The summed E-state index contributed by atoms with van der Waals surface area (Å²) in [4.78, 5) is 15.9. The van der Waals surface area contributed by atoms with Crippen molar-refractivity contribution in [3.8, 4) is 6.07 Å². The number of esters is 1. The van der Waals surface area contributed by atoms with Crippen molar-refractivity contribution < 1.29 is 9.53 Å². The van der Waals surface area contributed by atoms with Gasteiger partial charge < -0.3 is 4.74 Å². The number of hydrogen-bond donors (Lipinski definition) is 0. The van der Waals surface area contributed by atoms with Crippen LogP contribution in [0.15, 0.2) is 11.1 Å². The maximum Gasteiger partial charge on any atom is 0.348 e. The van der Waals surface area contributed by atoms with Gasteiger partial charge in [0.25, 0.3) is 0 Å². The van der Waals surface area contributed by atoms with Gasteiger partial charge in [-0.15, -0.1) is 11.3 Å². The topological polar surface area (TPSA) is 63.0 Å². The maximum absolute atomic E-state index is 11.1. The molecule has 0 bridgehead atoms. The van der Waals surface area contributed by atoms with E-state index < -0.39 is 5.97 Å². The van der Waals surface area contributed by atoms with Crippen LogP contribution in [0.1, 0.15) is 10.6 Å². The van der Waals surface area contributed by atoms with Gasteiger partial charge in [0.05, 0.1) is 23.2 Å². The number of hydrogen-bond acceptors (Lipinski definition) is 5. The number of nitriles is 1. The molecule has 0 aliphatic rings. The summed E-state index contributed by atoms with van der Waals surface area (Å²) in [6.07, 6.45) is 1.48. The van der Waals surface area contributed by atoms with Crippen molar-refractivity contribution in [1.29, 1.82) is 5.26 Å². The average Bonchev–Trinajstić information content (AvgIpc) is 2.59. The monoisotopic (exact) mass is 208 g/mol. The molecule has 0 fully saturated rings. The molecule has 1 heterocycles. The lowest BCUT2D eigenvalue weighted by molar-refractivity contribution is -0.135. The molecule has 14 heavy (non-hydrogen) atoms. The largest absolute Gasteiger partial charge is 0.465 e. The molecule has 1 rings (SSSR count). The first-order chi connectivity index (χ1) is 6.69. The van der Waals surface area contributed by atoms with Crippen LogP contribution in [0, 0.1) is 18.3 Å². The van der Waals surface area contributed by atoms with Gasteiger partial charge in [0.1, 0.15) is 11.6 Å². The predicted molar refractivity (Wildman–Crippen MR) is 52.5 cm³/mol. The van der Waals surface area contributed by atoms with Crippen LogP contribution in [0.5, 0.6) is 0 Å². The van der Waals surface area contributed by atoms with Gasteiger partial charge in [-0.1, -0.05) is 0 Å². The molecule has 0 amide bonds. The van der Waals surface area contributed by atoms with Crippen LogP contribution in [0.3, 0.4) is 0 Å². The van der Waals surface area contributed by atoms with Gasteiger partial charge in [-0.2, -0.15) is 5.26 Å². The summed E-state index contributed by atoms with van der Waals surface area (Å²) in [5, 5.41) is 8.68. The van der Waals surface area contributed by atoms with E-state index in [1.807, 2.05) is 6.92 Å². The third-order valence-corrected chi connectivity index (χ3v) is 2.46. The Morgan fingerprint density at radius 3 is 2.93 bits per heavy atom. The summed E-state index contributed by atoms with van der Waals surface area (Å²) >= 11 is 1.37. The SMILES string of the molecule is COC(=O)/C(C#N)=C\c1scnc1C. The summed E-state index contributed by atoms with van der Waals surface area (Å²) in [5.74, 6) is -0.625. The molecule has 0 unspecified atom stereocenters. The average molecular weight is 208 g/mol. The van der Waals surface area contributed by atoms with Gasteiger partial charge in [-0.25, -0.2) is 9.78 Å². The molecule has 4 nitrogen and oxygen atoms in total. The Bertz CT molecular complexity index is 415. The van der Waals surface area contributed by atoms with E-state index in [1.165, 1.54) is 24.5 Å². The first kappa shape index (κ1) is 10.4. The summed E-state index contributed by atoms with van der Waals surface area (Å²) in [6.45, 7) is 1.81. The first-order valence-corrected chi connectivity index (χ1v) is 4.67. The van der Waals surface area contributed by atoms with Crippen molar-refractivity contribution in [3.05, 3.63) is 21.7 Å². The number of ether oxygens (including phenoxy) is 1. The van der Waals surface area contributed by atoms with E-state index in [1.54, 1.807) is 11.6 Å². The molecule has 1 aromatic heterocycles. The lowest BCUT2D eigenvalue weighted by Crippen LogP contribution is -2.02. The van der Waals surface area contributed by atoms with Crippen molar-refractivity contribution in [2.45, 2.75) is 6.92 Å². The fraction of sp³-hybridized carbons (Fsp3) is 0.222. The second-order valence-electron chi connectivity index (χ2n) is 2.46. The molecule has 1 aromatic rings. The van der Waals surface area contributed by atoms with E-state index >= 15 is 0 Å². The molecule has 0 N–H and O–H groups in total. The number of rotatable bonds is 2. The molecule has 0 spiro atoms. The lowest BCUT2D eigenvalue weighted by Gasteiger charge is -1.94. The minimum absolute atomic E-state index is 0.0140. The highest BCUT2D eigenvalue weighted by Gasteiger charge is 2.09. The summed E-state index contributed by atoms with van der Waals surface area (Å²) in [6, 6.07) is 1.78. The van der Waals surface area contributed by atoms with Crippen LogP contribution in [0.4, 0.5) is 0 Å². The quantitative estimate of drug-likeness (QED) is 0.420. The molecule has 0 saturated heterocycles. The number of aryl methyl sites for hydroxylation is 1. The minimum atomic E-state index is -0.625. The molecule has 0 atom stereocenters. The van der Waals surface area contributed by atoms with Crippen LogP contribution in [-0.2, 0) is 9.53 Å². The Kier molecular flexibility index (Phi) is 3.37. The summed E-state index contributed by atoms with van der Waals surface area (Å²) in [7, 11) is 1.24. The van der Waals surface area contributed by atoms with Gasteiger partial charge in [0.2, 0.25) is 0 Å². The molecule has 5 heteroatoms. The molecular weight excluding hydrogens is 200 g/mol. The number of methoxy groups -OCH3 is 1. The van der Waals surface area contributed by atoms with Crippen LogP contribution < -0.4 is 0 Å². The fourth-order valence-corrected chi connectivity index (χ4v) is 1.56. The Hall–Kier alpha value is -1.67. The molecule has 0 aliphatic heterocycles. The van der Waals surface area contributed by atoms with Gasteiger partial charge in [-0.05, 0) is 13.0 Å². The Morgan fingerprint density at radius 2 is 2.50 bits per heavy atom.